The molecule has 0 radical (unpaired) electrons. The van der Waals surface area contributed by atoms with Gasteiger partial charge in [0.05, 0.1) is 6.61 Å². The Morgan fingerprint density at radius 3 is 1.31 bits per heavy atom. The van der Waals surface area contributed by atoms with Gasteiger partial charge in [-0.1, -0.05) is 156 Å². The fraction of sp³-hybridized carbons (Fsp3) is 0.977. The van der Waals surface area contributed by atoms with Crippen molar-refractivity contribution in [3.8, 4) is 0 Å². The maximum atomic E-state index is 9.59. The van der Waals surface area contributed by atoms with Gasteiger partial charge >= 0.3 is 8.56 Å². The van der Waals surface area contributed by atoms with E-state index in [0.717, 1.165) is 71.4 Å². The summed E-state index contributed by atoms with van der Waals surface area (Å²) in [5.41, 5.74) is 0. The molecular formula is C44H92N2O4Si. The van der Waals surface area contributed by atoms with Gasteiger partial charge in [0.1, 0.15) is 6.10 Å². The average Bonchev–Trinajstić information content (AvgIpc) is 3.11. The van der Waals surface area contributed by atoms with Gasteiger partial charge in [0.2, 0.25) is 0 Å². The summed E-state index contributed by atoms with van der Waals surface area (Å²) in [7, 11) is -1.99. The van der Waals surface area contributed by atoms with Gasteiger partial charge in [-0.3, -0.25) is 5.41 Å². The first-order valence-electron chi connectivity index (χ1n) is 22.7. The van der Waals surface area contributed by atoms with Crippen LogP contribution in [0.15, 0.2) is 0 Å². The molecule has 51 heavy (non-hydrogen) atoms. The van der Waals surface area contributed by atoms with E-state index in [1.54, 1.807) is 0 Å². The molecule has 306 valence electrons. The lowest BCUT2D eigenvalue weighted by molar-refractivity contribution is 0.153. The Kier molecular flexibility index (Phi) is 38.9. The Hall–Kier alpha value is -0.473. The highest BCUT2D eigenvalue weighted by atomic mass is 28.4. The first kappa shape index (κ1) is 50.5. The van der Waals surface area contributed by atoms with Crippen molar-refractivity contribution in [1.29, 1.82) is 5.41 Å². The second-order valence-corrected chi connectivity index (χ2v) is 19.4. The van der Waals surface area contributed by atoms with Crippen LogP contribution in [0.4, 0.5) is 0 Å². The van der Waals surface area contributed by atoms with E-state index in [0.29, 0.717) is 5.90 Å². The second-order valence-electron chi connectivity index (χ2n) is 16.0. The first-order chi connectivity index (χ1) is 24.9. The molecule has 0 atom stereocenters. The minimum atomic E-state index is -1.99. The summed E-state index contributed by atoms with van der Waals surface area (Å²) < 4.78 is 18.6. The van der Waals surface area contributed by atoms with Crippen molar-refractivity contribution in [2.75, 3.05) is 39.5 Å². The summed E-state index contributed by atoms with van der Waals surface area (Å²) in [5, 5.41) is 18.1. The Balaban J connectivity index is 4.01. The third-order valence-electron chi connectivity index (χ3n) is 10.4. The zero-order valence-corrected chi connectivity index (χ0v) is 36.4. The second kappa shape index (κ2) is 39.2. The van der Waals surface area contributed by atoms with Crippen LogP contribution >= 0.6 is 0 Å². The molecule has 0 aromatic rings. The van der Waals surface area contributed by atoms with Crippen molar-refractivity contribution in [3.05, 3.63) is 0 Å². The molecule has 6 nitrogen and oxygen atoms in total. The predicted molar refractivity (Wildman–Crippen MR) is 226 cm³/mol. The first-order valence-corrected chi connectivity index (χ1v) is 25.5. The maximum Gasteiger partial charge on any atom is 0.331 e. The highest BCUT2D eigenvalue weighted by molar-refractivity contribution is 6.64. The van der Waals surface area contributed by atoms with E-state index in [-0.39, 0.29) is 12.7 Å². The number of aliphatic hydroxyl groups excluding tert-OH is 1. The Morgan fingerprint density at radius 1 is 0.510 bits per heavy atom. The maximum absolute atomic E-state index is 9.59. The fourth-order valence-electron chi connectivity index (χ4n) is 6.98. The summed E-state index contributed by atoms with van der Waals surface area (Å²) >= 11 is 0. The number of hydrogen-bond acceptors (Lipinski definition) is 6. The number of nitrogens with zero attached hydrogens (tertiary/aromatic N) is 1. The van der Waals surface area contributed by atoms with Crippen LogP contribution < -0.4 is 0 Å². The van der Waals surface area contributed by atoms with Crippen molar-refractivity contribution in [3.63, 3.8) is 0 Å². The topological polar surface area (TPSA) is 75.0 Å². The number of hydrogen-bond donors (Lipinski definition) is 2. The Bertz CT molecular complexity index is 695. The van der Waals surface area contributed by atoms with Gasteiger partial charge in [0, 0.05) is 26.2 Å². The highest BCUT2D eigenvalue weighted by Gasteiger charge is 2.23. The molecule has 7 heteroatoms. The summed E-state index contributed by atoms with van der Waals surface area (Å²) in [6.45, 7) is 16.1. The lowest BCUT2D eigenvalue weighted by Crippen LogP contribution is -2.35. The molecule has 0 fully saturated rings. The van der Waals surface area contributed by atoms with E-state index in [9.17, 15) is 5.11 Å². The minimum absolute atomic E-state index is 0.243. The monoisotopic (exact) mass is 741 g/mol. The smallest absolute Gasteiger partial charge is 0.331 e. The summed E-state index contributed by atoms with van der Waals surface area (Å²) in [6.07, 6.45) is 38.9. The molecule has 0 aliphatic heterocycles. The molecule has 0 bridgehead atoms. The molecule has 0 aliphatic carbocycles. The molecule has 0 saturated heterocycles. The van der Waals surface area contributed by atoms with Crippen molar-refractivity contribution < 1.29 is 18.7 Å². The quantitative estimate of drug-likeness (QED) is 0.0282. The van der Waals surface area contributed by atoms with E-state index in [1.165, 1.54) is 161 Å². The summed E-state index contributed by atoms with van der Waals surface area (Å²) in [4.78, 5) is 2.45. The third kappa shape index (κ3) is 37.6. The van der Waals surface area contributed by atoms with Crippen LogP contribution in [-0.2, 0) is 13.6 Å². The third-order valence-corrected chi connectivity index (χ3v) is 12.2. The van der Waals surface area contributed by atoms with Crippen molar-refractivity contribution >= 4 is 14.5 Å². The molecular weight excluding hydrogens is 649 g/mol. The van der Waals surface area contributed by atoms with E-state index >= 15 is 0 Å². The molecule has 0 rings (SSSR count). The van der Waals surface area contributed by atoms with E-state index in [2.05, 4.69) is 38.8 Å². The van der Waals surface area contributed by atoms with Gasteiger partial charge in [-0.05, 0) is 84.0 Å². The summed E-state index contributed by atoms with van der Waals surface area (Å²) in [6, 6.07) is 0. The lowest BCUT2D eigenvalue weighted by Gasteiger charge is -2.23. The number of aliphatic hydroxyl groups is 1. The van der Waals surface area contributed by atoms with Gasteiger partial charge in [0.15, 0.2) is 5.90 Å². The molecule has 0 amide bonds. The standard InChI is InChI=1S/C44H92N2O4Si/c1-6-9-12-15-18-25-32-41-48-51(4,5)49-42-33-26-24-31-38-46(39-40-47)37-30-23-19-22-29-36-44(45)50-43(34-27-20-16-13-10-7-2)35-28-21-17-14-11-8-3/h43,45,47H,6-42H2,1-5H3. The lowest BCUT2D eigenvalue weighted by atomic mass is 10.0. The van der Waals surface area contributed by atoms with Crippen LogP contribution in [0.2, 0.25) is 13.1 Å². The van der Waals surface area contributed by atoms with Crippen molar-refractivity contribution in [1.82, 2.24) is 4.90 Å². The van der Waals surface area contributed by atoms with Crippen molar-refractivity contribution in [2.24, 2.45) is 0 Å². The van der Waals surface area contributed by atoms with Crippen LogP contribution in [0.3, 0.4) is 0 Å². The molecule has 0 aromatic carbocycles. The number of ether oxygens (including phenoxy) is 1. The molecule has 0 unspecified atom stereocenters. The van der Waals surface area contributed by atoms with Gasteiger partial charge in [-0.25, -0.2) is 0 Å². The van der Waals surface area contributed by atoms with Gasteiger partial charge < -0.3 is 23.6 Å². The van der Waals surface area contributed by atoms with E-state index in [1.807, 2.05) is 0 Å². The summed E-state index contributed by atoms with van der Waals surface area (Å²) in [5.74, 6) is 0.524. The van der Waals surface area contributed by atoms with Crippen LogP contribution in [0.5, 0.6) is 0 Å². The average molecular weight is 741 g/mol. The molecule has 0 heterocycles. The molecule has 0 spiro atoms. The van der Waals surface area contributed by atoms with Crippen LogP contribution in [0, 0.1) is 5.41 Å². The Morgan fingerprint density at radius 2 is 0.882 bits per heavy atom. The highest BCUT2D eigenvalue weighted by Crippen LogP contribution is 2.19. The molecule has 2 N–H and O–H groups in total. The van der Waals surface area contributed by atoms with Crippen LogP contribution in [0.25, 0.3) is 0 Å². The fourth-order valence-corrected chi connectivity index (χ4v) is 8.34. The zero-order chi connectivity index (χ0) is 37.5. The molecule has 0 aromatic heterocycles. The van der Waals surface area contributed by atoms with Gasteiger partial charge in [0.25, 0.3) is 0 Å². The molecule has 0 aliphatic rings. The van der Waals surface area contributed by atoms with Gasteiger partial charge in [-0.2, -0.15) is 0 Å². The SMILES string of the molecule is CCCCCCCCCO[Si](C)(C)OCCCCCCN(CCO)CCCCCCCC(=N)OC(CCCCCCCC)CCCCCCCC. The van der Waals surface area contributed by atoms with Gasteiger partial charge in [-0.15, -0.1) is 0 Å². The van der Waals surface area contributed by atoms with Crippen LogP contribution in [0.1, 0.15) is 220 Å². The minimum Gasteiger partial charge on any atom is -0.478 e. The van der Waals surface area contributed by atoms with Crippen LogP contribution in [-0.4, -0.2) is 70.0 Å². The van der Waals surface area contributed by atoms with E-state index in [4.69, 9.17) is 19.0 Å². The number of nitrogens with one attached hydrogen (secondary N) is 1. The Labute approximate surface area is 321 Å². The zero-order valence-electron chi connectivity index (χ0n) is 35.4. The normalized spacial score (nSPS) is 12.1. The number of rotatable bonds is 42. The number of unbranched alkanes of at least 4 members (excludes halogenated alkanes) is 23. The largest absolute Gasteiger partial charge is 0.478 e. The predicted octanol–water partition coefficient (Wildman–Crippen LogP) is 13.5. The van der Waals surface area contributed by atoms with Crippen molar-refractivity contribution in [2.45, 2.75) is 239 Å². The van der Waals surface area contributed by atoms with E-state index < -0.39 is 8.56 Å². The molecule has 0 saturated carbocycles.